The van der Waals surface area contributed by atoms with Crippen LogP contribution < -0.4 is 0 Å². The summed E-state index contributed by atoms with van der Waals surface area (Å²) < 4.78 is 68.3. The average Bonchev–Trinajstić information content (AvgIpc) is 2.93. The third kappa shape index (κ3) is 63.9. The van der Waals surface area contributed by atoms with E-state index in [1.165, 1.54) is 154 Å². The second-order valence-electron chi connectivity index (χ2n) is 27.4. The SMILES string of the molecule is CCC(C)CCCCCCCCCCCCCCCCC(=O)O[C@H](COC(=O)CCCCCCCCCCCCC(C)CC)COP(=O)(O)OC[C@@H](O)COP(=O)(O)OC[C@@H](COC(=O)CCCCCCCCC(C)C)OC(=O)CCCCCCCCCC(C)C. The van der Waals surface area contributed by atoms with Crippen molar-refractivity contribution in [1.29, 1.82) is 0 Å². The Morgan fingerprint density at radius 2 is 0.527 bits per heavy atom. The molecule has 0 aliphatic carbocycles. The zero-order chi connectivity index (χ0) is 67.5. The summed E-state index contributed by atoms with van der Waals surface area (Å²) >= 11 is 0. The number of hydrogen-bond acceptors (Lipinski definition) is 15. The zero-order valence-electron chi connectivity index (χ0n) is 59.5. The highest BCUT2D eigenvalue weighted by atomic mass is 31.2. The summed E-state index contributed by atoms with van der Waals surface area (Å²) in [7, 11) is -9.90. The van der Waals surface area contributed by atoms with E-state index in [4.69, 9.17) is 37.0 Å². The van der Waals surface area contributed by atoms with Crippen molar-refractivity contribution in [1.82, 2.24) is 0 Å². The molecule has 0 aromatic rings. The van der Waals surface area contributed by atoms with E-state index < -0.39 is 97.5 Å². The lowest BCUT2D eigenvalue weighted by Crippen LogP contribution is -2.30. The number of esters is 4. The lowest BCUT2D eigenvalue weighted by Gasteiger charge is -2.21. The van der Waals surface area contributed by atoms with Crippen LogP contribution in [-0.2, 0) is 65.4 Å². The van der Waals surface area contributed by atoms with Gasteiger partial charge in [0.1, 0.15) is 19.3 Å². The van der Waals surface area contributed by atoms with Gasteiger partial charge in [-0.05, 0) is 49.4 Å². The summed E-state index contributed by atoms with van der Waals surface area (Å²) in [5.41, 5.74) is 0. The molecule has 540 valence electrons. The normalized spacial score (nSPS) is 14.8. The van der Waals surface area contributed by atoms with Gasteiger partial charge in [-0.25, -0.2) is 9.13 Å². The molecule has 0 saturated heterocycles. The highest BCUT2D eigenvalue weighted by Gasteiger charge is 2.30. The quantitative estimate of drug-likeness (QED) is 0.0222. The molecule has 0 fully saturated rings. The maximum atomic E-state index is 13.0. The number of unbranched alkanes of at least 4 members (excludes halogenated alkanes) is 33. The Morgan fingerprint density at radius 3 is 0.780 bits per heavy atom. The molecule has 0 aliphatic rings. The Bertz CT molecular complexity index is 1800. The van der Waals surface area contributed by atoms with Crippen molar-refractivity contribution in [2.45, 2.75) is 375 Å². The van der Waals surface area contributed by atoms with Gasteiger partial charge in [0.15, 0.2) is 12.2 Å². The van der Waals surface area contributed by atoms with Crippen LogP contribution in [0.2, 0.25) is 0 Å². The Kier molecular flexibility index (Phi) is 60.3. The van der Waals surface area contributed by atoms with Crippen LogP contribution in [0, 0.1) is 23.7 Å². The molecule has 3 N–H and O–H groups in total. The fourth-order valence-electron chi connectivity index (χ4n) is 10.8. The molecule has 0 aliphatic heterocycles. The number of phosphoric acid groups is 2. The summed E-state index contributed by atoms with van der Waals surface area (Å²) in [5, 5.41) is 10.6. The molecule has 19 heteroatoms. The molecular formula is C72H140O17P2. The summed E-state index contributed by atoms with van der Waals surface area (Å²) in [6.45, 7) is 14.1. The van der Waals surface area contributed by atoms with Gasteiger partial charge in [-0.2, -0.15) is 0 Å². The van der Waals surface area contributed by atoms with Crippen LogP contribution >= 0.6 is 15.6 Å². The summed E-state index contributed by atoms with van der Waals surface area (Å²) in [6.07, 6.45) is 44.6. The molecule has 0 rings (SSSR count). The number of phosphoric ester groups is 2. The highest BCUT2D eigenvalue weighted by Crippen LogP contribution is 2.45. The molecule has 17 nitrogen and oxygen atoms in total. The summed E-state index contributed by atoms with van der Waals surface area (Å²) in [6, 6.07) is 0. The smallest absolute Gasteiger partial charge is 0.462 e. The molecule has 0 radical (unpaired) electrons. The van der Waals surface area contributed by atoms with E-state index in [9.17, 15) is 43.2 Å². The molecule has 7 atom stereocenters. The molecule has 0 heterocycles. The number of ether oxygens (including phenoxy) is 4. The Labute approximate surface area is 556 Å². The monoisotopic (exact) mass is 1340 g/mol. The van der Waals surface area contributed by atoms with Gasteiger partial charge in [-0.1, -0.05) is 306 Å². The maximum Gasteiger partial charge on any atom is 0.472 e. The number of aliphatic hydroxyl groups is 1. The van der Waals surface area contributed by atoms with E-state index >= 15 is 0 Å². The van der Waals surface area contributed by atoms with Crippen LogP contribution in [0.3, 0.4) is 0 Å². The van der Waals surface area contributed by atoms with Crippen LogP contribution in [-0.4, -0.2) is 96.7 Å². The third-order valence-electron chi connectivity index (χ3n) is 17.3. The third-order valence-corrected chi connectivity index (χ3v) is 19.2. The molecule has 0 amide bonds. The number of carbonyl (C=O) groups excluding carboxylic acids is 4. The van der Waals surface area contributed by atoms with Gasteiger partial charge in [-0.15, -0.1) is 0 Å². The minimum atomic E-state index is -4.96. The molecular weight excluding hydrogens is 1200 g/mol. The first-order valence-electron chi connectivity index (χ1n) is 37.3. The largest absolute Gasteiger partial charge is 0.472 e. The summed E-state index contributed by atoms with van der Waals surface area (Å²) in [4.78, 5) is 72.6. The molecule has 0 aromatic heterocycles. The Balaban J connectivity index is 5.23. The lowest BCUT2D eigenvalue weighted by atomic mass is 9.99. The van der Waals surface area contributed by atoms with Gasteiger partial charge in [0, 0.05) is 25.7 Å². The van der Waals surface area contributed by atoms with Crippen LogP contribution in [0.15, 0.2) is 0 Å². The molecule has 0 bridgehead atoms. The second-order valence-corrected chi connectivity index (χ2v) is 30.3. The van der Waals surface area contributed by atoms with E-state index in [0.717, 1.165) is 108 Å². The maximum absolute atomic E-state index is 13.0. The number of hydrogen-bond donors (Lipinski definition) is 3. The van der Waals surface area contributed by atoms with Crippen LogP contribution in [0.4, 0.5) is 0 Å². The molecule has 0 aromatic carbocycles. The topological polar surface area (TPSA) is 237 Å². The first kappa shape index (κ1) is 89.1. The van der Waals surface area contributed by atoms with Gasteiger partial charge in [0.25, 0.3) is 0 Å². The highest BCUT2D eigenvalue weighted by molar-refractivity contribution is 7.47. The molecule has 0 saturated carbocycles. The molecule has 4 unspecified atom stereocenters. The van der Waals surface area contributed by atoms with Crippen molar-refractivity contribution >= 4 is 39.5 Å². The molecule has 91 heavy (non-hydrogen) atoms. The van der Waals surface area contributed by atoms with Gasteiger partial charge in [0.2, 0.25) is 0 Å². The van der Waals surface area contributed by atoms with Gasteiger partial charge >= 0.3 is 39.5 Å². The zero-order valence-corrected chi connectivity index (χ0v) is 61.3. The van der Waals surface area contributed by atoms with Crippen molar-refractivity contribution in [2.24, 2.45) is 23.7 Å². The predicted molar refractivity (Wildman–Crippen MR) is 367 cm³/mol. The Hall–Kier alpha value is -1.94. The van der Waals surface area contributed by atoms with E-state index in [0.29, 0.717) is 37.5 Å². The van der Waals surface area contributed by atoms with Crippen molar-refractivity contribution in [2.75, 3.05) is 39.6 Å². The predicted octanol–water partition coefficient (Wildman–Crippen LogP) is 20.5. The number of rotatable bonds is 69. The minimum Gasteiger partial charge on any atom is -0.462 e. The van der Waals surface area contributed by atoms with Crippen molar-refractivity contribution in [3.63, 3.8) is 0 Å². The number of aliphatic hydroxyl groups excluding tert-OH is 1. The standard InChI is InChI=1S/C72H140O17P2/c1-9-64(7)50-42-34-25-19-15-13-11-12-14-16-22-28-38-46-54-71(76)88-67(58-82-69(74)52-44-36-27-21-18-17-20-26-35-43-51-65(8)10-2)60-86-90(78,79)84-56-66(73)57-85-91(80,81)87-61-68(59-83-70(75)53-45-37-31-30-33-41-49-63(5)6)89-72(77)55-47-39-29-23-24-32-40-48-62(3)4/h62-68,73H,9-61H2,1-8H3,(H,78,79)(H,80,81)/t64?,65?,66-,67-,68-/m1/s1. The first-order chi connectivity index (χ1) is 43.7. The van der Waals surface area contributed by atoms with Crippen LogP contribution in [0.1, 0.15) is 357 Å². The van der Waals surface area contributed by atoms with E-state index in [2.05, 4.69) is 55.4 Å². The van der Waals surface area contributed by atoms with Gasteiger partial charge in [-0.3, -0.25) is 37.3 Å². The molecule has 0 spiro atoms. The first-order valence-corrected chi connectivity index (χ1v) is 40.3. The van der Waals surface area contributed by atoms with Crippen LogP contribution in [0.5, 0.6) is 0 Å². The van der Waals surface area contributed by atoms with Crippen molar-refractivity contribution in [3.8, 4) is 0 Å². The Morgan fingerprint density at radius 1 is 0.308 bits per heavy atom. The van der Waals surface area contributed by atoms with Gasteiger partial charge < -0.3 is 33.8 Å². The fraction of sp³-hybridized carbons (Fsp3) is 0.944. The van der Waals surface area contributed by atoms with Crippen molar-refractivity contribution < 1.29 is 80.2 Å². The van der Waals surface area contributed by atoms with E-state index in [1.807, 2.05) is 0 Å². The second kappa shape index (κ2) is 61.6. The van der Waals surface area contributed by atoms with E-state index in [1.54, 1.807) is 0 Å². The average molecular weight is 1340 g/mol. The van der Waals surface area contributed by atoms with E-state index in [-0.39, 0.29) is 25.7 Å². The van der Waals surface area contributed by atoms with Gasteiger partial charge in [0.05, 0.1) is 26.4 Å². The van der Waals surface area contributed by atoms with Crippen LogP contribution in [0.25, 0.3) is 0 Å². The minimum absolute atomic E-state index is 0.102. The fourth-order valence-corrected chi connectivity index (χ4v) is 12.4. The number of carbonyl (C=O) groups is 4. The lowest BCUT2D eigenvalue weighted by molar-refractivity contribution is -0.161. The van der Waals surface area contributed by atoms with Crippen molar-refractivity contribution in [3.05, 3.63) is 0 Å². The summed E-state index contributed by atoms with van der Waals surface area (Å²) in [5.74, 6) is 0.900.